The quantitative estimate of drug-likeness (QED) is 0.609. The third-order valence-electron chi connectivity index (χ3n) is 2.17. The molecule has 0 bridgehead atoms. The van der Waals surface area contributed by atoms with Crippen molar-refractivity contribution in [2.24, 2.45) is 0 Å². The molecule has 0 heterocycles. The fraction of sp³-hybridized carbons (Fsp3) is 1.00. The van der Waals surface area contributed by atoms with Gasteiger partial charge < -0.3 is 0 Å². The first-order valence-corrected chi connectivity index (χ1v) is 5.80. The fourth-order valence-corrected chi connectivity index (χ4v) is 2.80. The van der Waals surface area contributed by atoms with Crippen molar-refractivity contribution in [1.29, 1.82) is 0 Å². The minimum Gasteiger partial charge on any atom is -0.246 e. The van der Waals surface area contributed by atoms with E-state index in [0.29, 0.717) is 12.8 Å². The van der Waals surface area contributed by atoms with Gasteiger partial charge in [0.2, 0.25) is 0 Å². The lowest BCUT2D eigenvalue weighted by Crippen LogP contribution is -2.33. The molecule has 2 nitrogen and oxygen atoms in total. The molecule has 0 saturated heterocycles. The van der Waals surface area contributed by atoms with Crippen LogP contribution in [0.1, 0.15) is 25.7 Å². The first-order valence-electron chi connectivity index (χ1n) is 3.85. The monoisotopic (exact) mass is 180 g/mol. The molecule has 0 spiro atoms. The van der Waals surface area contributed by atoms with Gasteiger partial charge in [-0.25, -0.2) is 12.8 Å². The number of hydrogen-bond acceptors (Lipinski definition) is 2. The van der Waals surface area contributed by atoms with Crippen molar-refractivity contribution < 1.29 is 12.8 Å². The van der Waals surface area contributed by atoms with Gasteiger partial charge in [0.15, 0.2) is 9.84 Å². The SMILES string of the molecule is CS(=O)(=O)[C@@H]1CCCC[C@H]1F. The Hall–Kier alpha value is -0.120. The number of alkyl halides is 1. The molecule has 1 rings (SSSR count). The average Bonchev–Trinajstić information content (AvgIpc) is 1.86. The minimum atomic E-state index is -3.15. The molecule has 0 aliphatic heterocycles. The van der Waals surface area contributed by atoms with Crippen molar-refractivity contribution in [3.05, 3.63) is 0 Å². The molecular weight excluding hydrogens is 167 g/mol. The highest BCUT2D eigenvalue weighted by Gasteiger charge is 2.32. The van der Waals surface area contributed by atoms with Gasteiger partial charge in [-0.1, -0.05) is 12.8 Å². The third-order valence-corrected chi connectivity index (χ3v) is 3.80. The van der Waals surface area contributed by atoms with Crippen molar-refractivity contribution in [1.82, 2.24) is 0 Å². The molecule has 0 radical (unpaired) electrons. The van der Waals surface area contributed by atoms with Crippen LogP contribution in [0.2, 0.25) is 0 Å². The summed E-state index contributed by atoms with van der Waals surface area (Å²) in [6.07, 6.45) is 2.58. The molecule has 1 aliphatic rings. The van der Waals surface area contributed by atoms with E-state index in [1.54, 1.807) is 0 Å². The number of halogens is 1. The predicted molar refractivity (Wildman–Crippen MR) is 42.0 cm³/mol. The summed E-state index contributed by atoms with van der Waals surface area (Å²) in [7, 11) is -3.15. The van der Waals surface area contributed by atoms with E-state index < -0.39 is 21.3 Å². The Kier molecular flexibility index (Phi) is 2.52. The molecule has 66 valence electrons. The summed E-state index contributed by atoms with van der Waals surface area (Å²) in [6, 6.07) is 0. The Morgan fingerprint density at radius 3 is 2.18 bits per heavy atom. The Labute approximate surface area is 66.7 Å². The zero-order valence-electron chi connectivity index (χ0n) is 6.59. The van der Waals surface area contributed by atoms with E-state index in [4.69, 9.17) is 0 Å². The summed E-state index contributed by atoms with van der Waals surface area (Å²) in [4.78, 5) is 0. The summed E-state index contributed by atoms with van der Waals surface area (Å²) < 4.78 is 34.9. The maximum absolute atomic E-state index is 13.0. The van der Waals surface area contributed by atoms with Gasteiger partial charge in [-0.2, -0.15) is 0 Å². The first-order chi connectivity index (χ1) is 5.02. The second-order valence-corrected chi connectivity index (χ2v) is 5.43. The molecule has 0 aromatic carbocycles. The van der Waals surface area contributed by atoms with E-state index in [1.165, 1.54) is 0 Å². The number of hydrogen-bond donors (Lipinski definition) is 0. The van der Waals surface area contributed by atoms with Gasteiger partial charge in [0.25, 0.3) is 0 Å². The maximum atomic E-state index is 13.0. The third kappa shape index (κ3) is 2.15. The van der Waals surface area contributed by atoms with Gasteiger partial charge in [0, 0.05) is 6.26 Å². The summed E-state index contributed by atoms with van der Waals surface area (Å²) >= 11 is 0. The Bertz CT molecular complexity index is 223. The Balaban J connectivity index is 2.70. The molecule has 1 saturated carbocycles. The van der Waals surface area contributed by atoms with E-state index >= 15 is 0 Å². The van der Waals surface area contributed by atoms with Gasteiger partial charge in [0.05, 0.1) is 5.25 Å². The molecule has 0 N–H and O–H groups in total. The number of sulfone groups is 1. The summed E-state index contributed by atoms with van der Waals surface area (Å²) in [5.41, 5.74) is 0. The normalized spacial score (nSPS) is 33.6. The van der Waals surface area contributed by atoms with Crippen LogP contribution < -0.4 is 0 Å². The molecule has 0 aromatic heterocycles. The van der Waals surface area contributed by atoms with Crippen molar-refractivity contribution in [3.63, 3.8) is 0 Å². The zero-order chi connectivity index (χ0) is 8.48. The molecular formula is C7H13FO2S. The van der Waals surface area contributed by atoms with Gasteiger partial charge >= 0.3 is 0 Å². The maximum Gasteiger partial charge on any atom is 0.153 e. The Morgan fingerprint density at radius 1 is 1.27 bits per heavy atom. The van der Waals surface area contributed by atoms with E-state index in [9.17, 15) is 12.8 Å². The van der Waals surface area contributed by atoms with Crippen LogP contribution in [-0.4, -0.2) is 26.1 Å². The lowest BCUT2D eigenvalue weighted by molar-refractivity contribution is 0.253. The van der Waals surface area contributed by atoms with Crippen LogP contribution >= 0.6 is 0 Å². The van der Waals surface area contributed by atoms with E-state index in [2.05, 4.69) is 0 Å². The average molecular weight is 180 g/mol. The van der Waals surface area contributed by atoms with Gasteiger partial charge in [-0.15, -0.1) is 0 Å². The zero-order valence-corrected chi connectivity index (χ0v) is 7.40. The van der Waals surface area contributed by atoms with Crippen molar-refractivity contribution >= 4 is 9.84 Å². The van der Waals surface area contributed by atoms with E-state index in [1.807, 2.05) is 0 Å². The van der Waals surface area contributed by atoms with Crippen molar-refractivity contribution in [2.75, 3.05) is 6.26 Å². The van der Waals surface area contributed by atoms with Crippen LogP contribution in [0.4, 0.5) is 4.39 Å². The molecule has 4 heteroatoms. The van der Waals surface area contributed by atoms with Gasteiger partial charge in [-0.05, 0) is 12.8 Å². The van der Waals surface area contributed by atoms with Crippen LogP contribution in [0.3, 0.4) is 0 Å². The molecule has 2 atom stereocenters. The van der Waals surface area contributed by atoms with Gasteiger partial charge in [-0.3, -0.25) is 0 Å². The summed E-state index contributed by atoms with van der Waals surface area (Å²) in [5, 5.41) is -0.726. The van der Waals surface area contributed by atoms with Crippen LogP contribution in [0.25, 0.3) is 0 Å². The van der Waals surface area contributed by atoms with Crippen LogP contribution in [0.15, 0.2) is 0 Å². The highest BCUT2D eigenvalue weighted by atomic mass is 32.2. The van der Waals surface area contributed by atoms with E-state index in [-0.39, 0.29) is 0 Å². The topological polar surface area (TPSA) is 34.1 Å². The van der Waals surface area contributed by atoms with Crippen molar-refractivity contribution in [2.45, 2.75) is 37.1 Å². The highest BCUT2D eigenvalue weighted by molar-refractivity contribution is 7.91. The van der Waals surface area contributed by atoms with Crippen LogP contribution in [0, 0.1) is 0 Å². The lowest BCUT2D eigenvalue weighted by atomic mass is 9.98. The fourth-order valence-electron chi connectivity index (χ4n) is 1.53. The highest BCUT2D eigenvalue weighted by Crippen LogP contribution is 2.25. The second-order valence-electron chi connectivity index (χ2n) is 3.17. The number of rotatable bonds is 1. The van der Waals surface area contributed by atoms with Crippen LogP contribution in [0.5, 0.6) is 0 Å². The first kappa shape index (κ1) is 8.97. The summed E-state index contributed by atoms with van der Waals surface area (Å²) in [5.74, 6) is 0. The van der Waals surface area contributed by atoms with Gasteiger partial charge in [0.1, 0.15) is 6.17 Å². The largest absolute Gasteiger partial charge is 0.246 e. The molecule has 0 amide bonds. The Morgan fingerprint density at radius 2 is 1.82 bits per heavy atom. The molecule has 1 fully saturated rings. The standard InChI is InChI=1S/C7H13FO2S/c1-11(9,10)7-5-3-2-4-6(7)8/h6-7H,2-5H2,1H3/t6-,7-/m1/s1. The molecule has 0 aromatic rings. The predicted octanol–water partition coefficient (Wildman–Crippen LogP) is 1.31. The molecule has 11 heavy (non-hydrogen) atoms. The summed E-state index contributed by atoms with van der Waals surface area (Å²) in [6.45, 7) is 0. The minimum absolute atomic E-state index is 0.414. The van der Waals surface area contributed by atoms with Crippen molar-refractivity contribution in [3.8, 4) is 0 Å². The smallest absolute Gasteiger partial charge is 0.153 e. The van der Waals surface area contributed by atoms with E-state index in [0.717, 1.165) is 19.1 Å². The van der Waals surface area contributed by atoms with Crippen LogP contribution in [-0.2, 0) is 9.84 Å². The second kappa shape index (κ2) is 3.09. The lowest BCUT2D eigenvalue weighted by Gasteiger charge is -2.23. The molecule has 0 unspecified atom stereocenters. The molecule has 1 aliphatic carbocycles.